The van der Waals surface area contributed by atoms with Gasteiger partial charge < -0.3 is 14.8 Å². The zero-order valence-corrected chi connectivity index (χ0v) is 18.1. The number of amides is 1. The fourth-order valence-corrected chi connectivity index (χ4v) is 3.22. The quantitative estimate of drug-likeness (QED) is 0.295. The first-order valence-electron chi connectivity index (χ1n) is 10.5. The molecule has 0 saturated carbocycles. The summed E-state index contributed by atoms with van der Waals surface area (Å²) in [6.45, 7) is 0.524. The first kappa shape index (κ1) is 21.9. The van der Waals surface area contributed by atoms with Gasteiger partial charge in [0.2, 0.25) is 11.8 Å². The van der Waals surface area contributed by atoms with Gasteiger partial charge in [-0.05, 0) is 18.2 Å². The van der Waals surface area contributed by atoms with Crippen molar-refractivity contribution in [1.29, 1.82) is 0 Å². The van der Waals surface area contributed by atoms with Crippen molar-refractivity contribution in [1.82, 2.24) is 25.1 Å². The van der Waals surface area contributed by atoms with E-state index in [9.17, 15) is 9.59 Å². The Morgan fingerprint density at radius 2 is 1.82 bits per heavy atom. The lowest BCUT2D eigenvalue weighted by molar-refractivity contribution is -0.121. The summed E-state index contributed by atoms with van der Waals surface area (Å²) in [7, 11) is 1.60. The molecule has 0 fully saturated rings. The number of carbonyl (C=O) groups is 2. The number of methoxy groups -OCH3 is 1. The molecule has 0 atom stereocenters. The zero-order valence-electron chi connectivity index (χ0n) is 18.1. The number of hydrogen-bond donors (Lipinski definition) is 1. The summed E-state index contributed by atoms with van der Waals surface area (Å²) in [5.41, 5.74) is 2.00. The van der Waals surface area contributed by atoms with Crippen molar-refractivity contribution in [2.24, 2.45) is 0 Å². The number of Topliss-reactive ketones (excluding diaryl/α,β-unsaturated/α-hetero) is 1. The molecule has 2 aromatic carbocycles. The van der Waals surface area contributed by atoms with Crippen molar-refractivity contribution in [3.63, 3.8) is 0 Å². The van der Waals surface area contributed by atoms with E-state index in [1.165, 1.54) is 0 Å². The Morgan fingerprint density at radius 1 is 0.970 bits per heavy atom. The van der Waals surface area contributed by atoms with Crippen LogP contribution in [0.2, 0.25) is 0 Å². The van der Waals surface area contributed by atoms with Crippen LogP contribution in [0.4, 0.5) is 0 Å². The summed E-state index contributed by atoms with van der Waals surface area (Å²) in [5.74, 6) is 1.38. The van der Waals surface area contributed by atoms with Gasteiger partial charge in [-0.2, -0.15) is 4.52 Å². The maximum Gasteiger partial charge on any atom is 0.231 e. The first-order chi connectivity index (χ1) is 16.1. The number of benzene rings is 2. The van der Waals surface area contributed by atoms with Crippen LogP contribution in [0.5, 0.6) is 11.6 Å². The van der Waals surface area contributed by atoms with Crippen LogP contribution in [0.25, 0.3) is 17.0 Å². The largest absolute Gasteiger partial charge is 0.497 e. The third-order valence-electron chi connectivity index (χ3n) is 4.92. The monoisotopic (exact) mass is 445 g/mol. The summed E-state index contributed by atoms with van der Waals surface area (Å²) in [4.78, 5) is 24.1. The second-order valence-electron chi connectivity index (χ2n) is 7.18. The van der Waals surface area contributed by atoms with Crippen LogP contribution < -0.4 is 14.8 Å². The van der Waals surface area contributed by atoms with Crippen molar-refractivity contribution >= 4 is 17.3 Å². The van der Waals surface area contributed by atoms with Gasteiger partial charge in [0.25, 0.3) is 0 Å². The van der Waals surface area contributed by atoms with E-state index < -0.39 is 0 Å². The lowest BCUT2D eigenvalue weighted by Crippen LogP contribution is -2.28. The van der Waals surface area contributed by atoms with Crippen molar-refractivity contribution in [2.75, 3.05) is 20.3 Å². The van der Waals surface area contributed by atoms with Crippen molar-refractivity contribution < 1.29 is 19.1 Å². The van der Waals surface area contributed by atoms with Crippen LogP contribution >= 0.6 is 0 Å². The van der Waals surface area contributed by atoms with E-state index in [4.69, 9.17) is 9.47 Å². The molecule has 0 aliphatic carbocycles. The van der Waals surface area contributed by atoms with Gasteiger partial charge in [0, 0.05) is 30.0 Å². The summed E-state index contributed by atoms with van der Waals surface area (Å²) < 4.78 is 12.5. The van der Waals surface area contributed by atoms with Gasteiger partial charge in [0.1, 0.15) is 12.4 Å². The van der Waals surface area contributed by atoms with Gasteiger partial charge in [-0.1, -0.05) is 42.5 Å². The van der Waals surface area contributed by atoms with Gasteiger partial charge in [-0.3, -0.25) is 9.59 Å². The molecule has 0 saturated heterocycles. The number of ketones is 1. The standard InChI is InChI=1S/C24H23N5O4/c1-32-19-9-5-8-18(16-19)24-27-26-21-11-13-23(28-29(21)24)33-15-14-25-22(31)12-10-20(30)17-6-3-2-4-7-17/h2-9,11,13,16H,10,12,14-15H2,1H3,(H,25,31). The molecule has 168 valence electrons. The maximum absolute atomic E-state index is 12.1. The van der Waals surface area contributed by atoms with Gasteiger partial charge in [-0.15, -0.1) is 15.3 Å². The third-order valence-corrected chi connectivity index (χ3v) is 4.92. The summed E-state index contributed by atoms with van der Waals surface area (Å²) in [5, 5.41) is 15.6. The highest BCUT2D eigenvalue weighted by molar-refractivity contribution is 5.97. The van der Waals surface area contributed by atoms with Crippen LogP contribution in [-0.2, 0) is 4.79 Å². The van der Waals surface area contributed by atoms with E-state index in [1.54, 1.807) is 48.0 Å². The van der Waals surface area contributed by atoms with Gasteiger partial charge in [0.15, 0.2) is 17.3 Å². The Balaban J connectivity index is 1.29. The Labute approximate surface area is 190 Å². The number of nitrogens with one attached hydrogen (secondary N) is 1. The van der Waals surface area contributed by atoms with Crippen molar-refractivity contribution in [2.45, 2.75) is 12.8 Å². The van der Waals surface area contributed by atoms with Gasteiger partial charge in [-0.25, -0.2) is 0 Å². The summed E-state index contributed by atoms with van der Waals surface area (Å²) in [6.07, 6.45) is 0.290. The van der Waals surface area contributed by atoms with Crippen LogP contribution in [0.1, 0.15) is 23.2 Å². The number of hydrogen-bond acceptors (Lipinski definition) is 7. The SMILES string of the molecule is COc1cccc(-c2nnc3ccc(OCCNC(=O)CCC(=O)c4ccccc4)nn23)c1. The highest BCUT2D eigenvalue weighted by atomic mass is 16.5. The molecule has 33 heavy (non-hydrogen) atoms. The molecule has 9 heteroatoms. The minimum Gasteiger partial charge on any atom is -0.497 e. The fraction of sp³-hybridized carbons (Fsp3) is 0.208. The topological polar surface area (TPSA) is 108 Å². The molecule has 0 aliphatic heterocycles. The second-order valence-corrected chi connectivity index (χ2v) is 7.18. The molecule has 2 heterocycles. The summed E-state index contributed by atoms with van der Waals surface area (Å²) in [6, 6.07) is 19.8. The lowest BCUT2D eigenvalue weighted by atomic mass is 10.1. The third kappa shape index (κ3) is 5.51. The molecule has 0 bridgehead atoms. The predicted octanol–water partition coefficient (Wildman–Crippen LogP) is 2.96. The highest BCUT2D eigenvalue weighted by Crippen LogP contribution is 2.23. The smallest absolute Gasteiger partial charge is 0.231 e. The van der Waals surface area contributed by atoms with Crippen LogP contribution in [-0.4, -0.2) is 51.8 Å². The normalized spacial score (nSPS) is 10.7. The Kier molecular flexibility index (Phi) is 6.89. The maximum atomic E-state index is 12.1. The molecule has 2 aromatic heterocycles. The lowest BCUT2D eigenvalue weighted by Gasteiger charge is -2.08. The van der Waals surface area contributed by atoms with E-state index in [0.29, 0.717) is 35.2 Å². The average Bonchev–Trinajstić information content (AvgIpc) is 3.29. The molecule has 0 aliphatic rings. The number of carbonyl (C=O) groups excluding carboxylic acids is 2. The summed E-state index contributed by atoms with van der Waals surface area (Å²) >= 11 is 0. The fourth-order valence-electron chi connectivity index (χ4n) is 3.22. The van der Waals surface area contributed by atoms with E-state index in [0.717, 1.165) is 5.56 Å². The number of ether oxygens (including phenoxy) is 2. The average molecular weight is 445 g/mol. The molecule has 4 rings (SSSR count). The number of fused-ring (bicyclic) bond motifs is 1. The molecule has 0 radical (unpaired) electrons. The molecule has 0 spiro atoms. The molecule has 4 aromatic rings. The minimum absolute atomic E-state index is 0.0553. The minimum atomic E-state index is -0.203. The van der Waals surface area contributed by atoms with Crippen LogP contribution in [0.3, 0.4) is 0 Å². The van der Waals surface area contributed by atoms with Crippen LogP contribution in [0.15, 0.2) is 66.7 Å². The molecule has 1 amide bonds. The second kappa shape index (κ2) is 10.4. The first-order valence-corrected chi connectivity index (χ1v) is 10.5. The van der Waals surface area contributed by atoms with E-state index in [-0.39, 0.29) is 31.1 Å². The molecule has 1 N–H and O–H groups in total. The van der Waals surface area contributed by atoms with E-state index >= 15 is 0 Å². The number of nitrogens with zero attached hydrogens (tertiary/aromatic N) is 4. The Bertz CT molecular complexity index is 1260. The molecular weight excluding hydrogens is 422 g/mol. The number of aromatic nitrogens is 4. The highest BCUT2D eigenvalue weighted by Gasteiger charge is 2.12. The number of rotatable bonds is 10. The van der Waals surface area contributed by atoms with E-state index in [2.05, 4.69) is 20.6 Å². The molecule has 9 nitrogen and oxygen atoms in total. The van der Waals surface area contributed by atoms with E-state index in [1.807, 2.05) is 30.3 Å². The van der Waals surface area contributed by atoms with Crippen molar-refractivity contribution in [3.05, 3.63) is 72.3 Å². The van der Waals surface area contributed by atoms with Gasteiger partial charge in [0.05, 0.1) is 13.7 Å². The molecule has 0 unspecified atom stereocenters. The Hall–Kier alpha value is -4.27. The van der Waals surface area contributed by atoms with Gasteiger partial charge >= 0.3 is 0 Å². The zero-order chi connectivity index (χ0) is 23.0. The molecular formula is C24H23N5O4. The van der Waals surface area contributed by atoms with Crippen LogP contribution in [0, 0.1) is 0 Å². The van der Waals surface area contributed by atoms with Crippen molar-refractivity contribution in [3.8, 4) is 23.0 Å². The predicted molar refractivity (Wildman–Crippen MR) is 121 cm³/mol. The Morgan fingerprint density at radius 3 is 2.64 bits per heavy atom.